The molecule has 0 spiro atoms. The van der Waals surface area contributed by atoms with E-state index < -0.39 is 0 Å². The SMILES string of the molecule is C=C/C(=C\C)C(CN1CCC(=NC)CC1)NC(=C)C(C1=CCCC=C1)C1=CCCC=C1. The highest BCUT2D eigenvalue weighted by molar-refractivity contribution is 5.85. The Hall–Kier alpha value is -2.39. The molecule has 166 valence electrons. The van der Waals surface area contributed by atoms with E-state index in [1.54, 1.807) is 0 Å². The van der Waals surface area contributed by atoms with Crippen LogP contribution in [0.5, 0.6) is 0 Å². The van der Waals surface area contributed by atoms with Crippen LogP contribution >= 0.6 is 0 Å². The van der Waals surface area contributed by atoms with Gasteiger partial charge in [0.2, 0.25) is 0 Å². The number of hydrogen-bond donors (Lipinski definition) is 1. The summed E-state index contributed by atoms with van der Waals surface area (Å²) in [6.45, 7) is 13.8. The minimum atomic E-state index is 0.180. The fourth-order valence-corrected chi connectivity index (χ4v) is 4.77. The van der Waals surface area contributed by atoms with E-state index in [1.807, 2.05) is 13.1 Å². The Kier molecular flexibility index (Phi) is 8.90. The Morgan fingerprint density at radius 3 is 2.16 bits per heavy atom. The molecule has 3 aliphatic rings. The Labute approximate surface area is 189 Å². The number of hydrogen-bond acceptors (Lipinski definition) is 3. The van der Waals surface area contributed by atoms with E-state index in [-0.39, 0.29) is 12.0 Å². The van der Waals surface area contributed by atoms with Crippen LogP contribution in [0, 0.1) is 5.92 Å². The van der Waals surface area contributed by atoms with Crippen LogP contribution in [0.25, 0.3) is 0 Å². The Morgan fingerprint density at radius 2 is 1.71 bits per heavy atom. The molecule has 1 aliphatic heterocycles. The standard InChI is InChI=1S/C28H39N3/c1-5-23(6-2)27(21-31-19-17-26(29-4)18-20-31)30-22(3)28(24-13-9-7-10-14-24)25-15-11-8-12-16-25/h5-6,9,11,13-16,27-28,30H,1,3,7-8,10,12,17-21H2,2,4H3/b23-6+. The maximum atomic E-state index is 4.55. The van der Waals surface area contributed by atoms with E-state index in [1.165, 1.54) is 22.4 Å². The van der Waals surface area contributed by atoms with Crippen LogP contribution in [0.1, 0.15) is 45.4 Å². The molecule has 0 aromatic carbocycles. The molecule has 0 bridgehead atoms. The predicted octanol–water partition coefficient (Wildman–Crippen LogP) is 5.93. The van der Waals surface area contributed by atoms with Gasteiger partial charge in [-0.2, -0.15) is 0 Å². The minimum Gasteiger partial charge on any atom is -0.380 e. The monoisotopic (exact) mass is 417 g/mol. The van der Waals surface area contributed by atoms with Gasteiger partial charge in [0.15, 0.2) is 0 Å². The van der Waals surface area contributed by atoms with Crippen molar-refractivity contribution < 1.29 is 0 Å². The Balaban J connectivity index is 1.78. The van der Waals surface area contributed by atoms with Gasteiger partial charge in [-0.3, -0.25) is 4.99 Å². The van der Waals surface area contributed by atoms with E-state index in [0.717, 1.165) is 63.9 Å². The summed E-state index contributed by atoms with van der Waals surface area (Å²) in [5.74, 6) is 0.193. The zero-order valence-electron chi connectivity index (χ0n) is 19.4. The Bertz CT molecular complexity index is 792. The second-order valence-electron chi connectivity index (χ2n) is 8.61. The number of allylic oxidation sites excluding steroid dienone is 8. The number of likely N-dealkylation sites (tertiary alicyclic amines) is 1. The zero-order valence-corrected chi connectivity index (χ0v) is 19.4. The molecule has 3 nitrogen and oxygen atoms in total. The number of nitrogens with one attached hydrogen (secondary N) is 1. The van der Waals surface area contributed by atoms with Gasteiger partial charge in [-0.1, -0.05) is 61.8 Å². The maximum absolute atomic E-state index is 4.55. The molecule has 1 N–H and O–H groups in total. The molecule has 0 amide bonds. The summed E-state index contributed by atoms with van der Waals surface area (Å²) in [5.41, 5.74) is 6.38. The molecule has 0 radical (unpaired) electrons. The predicted molar refractivity (Wildman–Crippen MR) is 135 cm³/mol. The molecule has 0 aromatic heterocycles. The lowest BCUT2D eigenvalue weighted by Crippen LogP contribution is -2.45. The van der Waals surface area contributed by atoms with Crippen molar-refractivity contribution in [3.63, 3.8) is 0 Å². The molecule has 1 fully saturated rings. The van der Waals surface area contributed by atoms with Crippen LogP contribution < -0.4 is 5.32 Å². The van der Waals surface area contributed by atoms with Crippen molar-refractivity contribution >= 4 is 5.71 Å². The van der Waals surface area contributed by atoms with Gasteiger partial charge >= 0.3 is 0 Å². The molecular formula is C28H39N3. The second-order valence-corrected chi connectivity index (χ2v) is 8.61. The largest absolute Gasteiger partial charge is 0.380 e. The van der Waals surface area contributed by atoms with Crippen molar-refractivity contribution in [2.75, 3.05) is 26.7 Å². The number of aliphatic imine (C=N–C) groups is 1. The highest BCUT2D eigenvalue weighted by Crippen LogP contribution is 2.33. The van der Waals surface area contributed by atoms with Gasteiger partial charge in [-0.15, -0.1) is 0 Å². The molecule has 3 rings (SSSR count). The number of nitrogens with zero attached hydrogens (tertiary/aromatic N) is 2. The first-order chi connectivity index (χ1) is 15.2. The maximum Gasteiger partial charge on any atom is 0.0634 e. The Morgan fingerprint density at radius 1 is 1.10 bits per heavy atom. The third-order valence-electron chi connectivity index (χ3n) is 6.58. The summed E-state index contributed by atoms with van der Waals surface area (Å²) in [5, 5.41) is 3.83. The van der Waals surface area contributed by atoms with Gasteiger partial charge in [0, 0.05) is 44.0 Å². The summed E-state index contributed by atoms with van der Waals surface area (Å²) in [6, 6.07) is 0.180. The van der Waals surface area contributed by atoms with Gasteiger partial charge in [-0.05, 0) is 62.2 Å². The van der Waals surface area contributed by atoms with Crippen LogP contribution in [0.4, 0.5) is 0 Å². The van der Waals surface area contributed by atoms with E-state index in [0.29, 0.717) is 0 Å². The van der Waals surface area contributed by atoms with Gasteiger partial charge < -0.3 is 10.2 Å². The van der Waals surface area contributed by atoms with E-state index in [4.69, 9.17) is 0 Å². The average Bonchev–Trinajstić information content (AvgIpc) is 2.82. The molecule has 1 heterocycles. The van der Waals surface area contributed by atoms with Crippen LogP contribution in [0.15, 0.2) is 89.2 Å². The van der Waals surface area contributed by atoms with Crippen molar-refractivity contribution in [3.05, 3.63) is 84.2 Å². The first-order valence-corrected chi connectivity index (χ1v) is 11.8. The lowest BCUT2D eigenvalue weighted by Gasteiger charge is -2.35. The second kappa shape index (κ2) is 11.9. The summed E-state index contributed by atoms with van der Waals surface area (Å²) < 4.78 is 0. The lowest BCUT2D eigenvalue weighted by molar-refractivity contribution is 0.257. The van der Waals surface area contributed by atoms with Crippen LogP contribution in [0.2, 0.25) is 0 Å². The van der Waals surface area contributed by atoms with Gasteiger partial charge in [-0.25, -0.2) is 0 Å². The van der Waals surface area contributed by atoms with Gasteiger partial charge in [0.25, 0.3) is 0 Å². The molecule has 0 saturated carbocycles. The van der Waals surface area contributed by atoms with Crippen molar-refractivity contribution in [2.45, 2.75) is 51.5 Å². The van der Waals surface area contributed by atoms with Crippen LogP contribution in [-0.4, -0.2) is 43.3 Å². The molecule has 1 saturated heterocycles. The van der Waals surface area contributed by atoms with E-state index >= 15 is 0 Å². The zero-order chi connectivity index (χ0) is 22.1. The van der Waals surface area contributed by atoms with E-state index in [9.17, 15) is 0 Å². The van der Waals surface area contributed by atoms with Crippen molar-refractivity contribution in [1.29, 1.82) is 0 Å². The summed E-state index contributed by atoms with van der Waals surface area (Å²) in [7, 11) is 1.91. The molecule has 0 aromatic rings. The first-order valence-electron chi connectivity index (χ1n) is 11.8. The van der Waals surface area contributed by atoms with Crippen LogP contribution in [-0.2, 0) is 0 Å². The normalized spacial score (nSPS) is 20.9. The highest BCUT2D eigenvalue weighted by Gasteiger charge is 2.25. The van der Waals surface area contributed by atoms with Crippen molar-refractivity contribution in [3.8, 4) is 0 Å². The molecule has 3 heteroatoms. The molecule has 1 atom stereocenters. The first kappa shape index (κ1) is 23.3. The lowest BCUT2D eigenvalue weighted by atomic mass is 9.83. The van der Waals surface area contributed by atoms with Crippen molar-refractivity contribution in [1.82, 2.24) is 10.2 Å². The van der Waals surface area contributed by atoms with Crippen LogP contribution in [0.3, 0.4) is 0 Å². The quantitative estimate of drug-likeness (QED) is 0.471. The molecule has 31 heavy (non-hydrogen) atoms. The summed E-state index contributed by atoms with van der Waals surface area (Å²) in [6.07, 6.45) is 24.7. The topological polar surface area (TPSA) is 27.6 Å². The summed E-state index contributed by atoms with van der Waals surface area (Å²) in [4.78, 5) is 6.95. The third kappa shape index (κ3) is 6.30. The third-order valence-corrected chi connectivity index (χ3v) is 6.58. The van der Waals surface area contributed by atoms with Crippen molar-refractivity contribution in [2.24, 2.45) is 10.9 Å². The fraction of sp³-hybridized carbons (Fsp3) is 0.464. The highest BCUT2D eigenvalue weighted by atomic mass is 15.2. The number of piperidine rings is 1. The van der Waals surface area contributed by atoms with Gasteiger partial charge in [0.1, 0.15) is 0 Å². The van der Waals surface area contributed by atoms with E-state index in [2.05, 4.69) is 77.8 Å². The summed E-state index contributed by atoms with van der Waals surface area (Å²) >= 11 is 0. The smallest absolute Gasteiger partial charge is 0.0634 e. The molecule has 1 unspecified atom stereocenters. The number of rotatable bonds is 9. The molecule has 2 aliphatic carbocycles. The minimum absolute atomic E-state index is 0.180. The molecular weight excluding hydrogens is 378 g/mol. The fourth-order valence-electron chi connectivity index (χ4n) is 4.77. The van der Waals surface area contributed by atoms with Gasteiger partial charge in [0.05, 0.1) is 6.04 Å². The average molecular weight is 418 g/mol.